The molecule has 3 rings (SSSR count). The number of amides is 1. The van der Waals surface area contributed by atoms with Crippen molar-refractivity contribution < 1.29 is 19.0 Å². The van der Waals surface area contributed by atoms with Gasteiger partial charge in [0.15, 0.2) is 11.5 Å². The van der Waals surface area contributed by atoms with Crippen LogP contribution in [0.1, 0.15) is 36.5 Å². The lowest BCUT2D eigenvalue weighted by Crippen LogP contribution is -2.33. The van der Waals surface area contributed by atoms with Crippen molar-refractivity contribution >= 4 is 11.9 Å². The fourth-order valence-electron chi connectivity index (χ4n) is 2.83. The summed E-state index contributed by atoms with van der Waals surface area (Å²) in [5, 5.41) is 2.76. The number of hydrogen-bond acceptors (Lipinski definition) is 6. The Morgan fingerprint density at radius 1 is 1.28 bits per heavy atom. The molecule has 1 N–H and O–H groups in total. The van der Waals surface area contributed by atoms with Crippen LogP contribution in [-0.2, 0) is 4.74 Å². The summed E-state index contributed by atoms with van der Waals surface area (Å²) in [6.07, 6.45) is 3.36. The van der Waals surface area contributed by atoms with Crippen molar-refractivity contribution in [1.29, 1.82) is 0 Å². The number of amidine groups is 1. The second-order valence-corrected chi connectivity index (χ2v) is 6.11. The molecule has 0 aliphatic carbocycles. The predicted octanol–water partition coefficient (Wildman–Crippen LogP) is 2.02. The van der Waals surface area contributed by atoms with Crippen molar-refractivity contribution in [3.63, 3.8) is 0 Å². The molecule has 0 saturated carbocycles. The van der Waals surface area contributed by atoms with Gasteiger partial charge in [0, 0.05) is 12.1 Å². The van der Waals surface area contributed by atoms with E-state index in [-0.39, 0.29) is 18.7 Å². The first-order chi connectivity index (χ1) is 12.3. The van der Waals surface area contributed by atoms with Gasteiger partial charge < -0.3 is 19.1 Å². The maximum atomic E-state index is 12.5. The highest BCUT2D eigenvalue weighted by molar-refractivity contribution is 6.04. The van der Waals surface area contributed by atoms with Crippen LogP contribution in [0.4, 0.5) is 0 Å². The maximum absolute atomic E-state index is 12.5. The van der Waals surface area contributed by atoms with E-state index in [2.05, 4.69) is 15.2 Å². The van der Waals surface area contributed by atoms with E-state index >= 15 is 0 Å². The number of rotatable bonds is 6. The molecule has 2 aliphatic heterocycles. The molecule has 0 aromatic heterocycles. The maximum Gasteiger partial charge on any atom is 0.291 e. The minimum Gasteiger partial charge on any atom is -0.465 e. The Kier molecular flexibility index (Phi) is 6.11. The lowest BCUT2D eigenvalue weighted by Gasteiger charge is -2.14. The predicted molar refractivity (Wildman–Crippen MR) is 94.3 cm³/mol. The molecule has 1 fully saturated rings. The smallest absolute Gasteiger partial charge is 0.291 e. The quantitative estimate of drug-likeness (QED) is 0.630. The second kappa shape index (κ2) is 8.71. The number of aliphatic imine (C=N–C) groups is 1. The van der Waals surface area contributed by atoms with Gasteiger partial charge in [-0.25, -0.2) is 4.99 Å². The van der Waals surface area contributed by atoms with Gasteiger partial charge in [0.2, 0.25) is 6.79 Å². The van der Waals surface area contributed by atoms with Crippen LogP contribution in [0.5, 0.6) is 11.5 Å². The molecular weight excluding hydrogens is 322 g/mol. The zero-order chi connectivity index (χ0) is 17.5. The number of hydrogen-bond donors (Lipinski definition) is 1. The number of benzene rings is 1. The molecule has 7 heteroatoms. The summed E-state index contributed by atoms with van der Waals surface area (Å²) < 4.78 is 16.2. The third-order valence-corrected chi connectivity index (χ3v) is 4.17. The van der Waals surface area contributed by atoms with Crippen molar-refractivity contribution in [3.8, 4) is 11.5 Å². The Bertz CT molecular complexity index is 627. The summed E-state index contributed by atoms with van der Waals surface area (Å²) in [7, 11) is 0. The van der Waals surface area contributed by atoms with Crippen molar-refractivity contribution in [1.82, 2.24) is 10.2 Å². The summed E-state index contributed by atoms with van der Waals surface area (Å²) in [6, 6.07) is 5.38. The SMILES string of the molecule is CCCOC(=NCCN1CCCC1)NC(=O)c1ccc2c(c1)OCO2. The zero-order valence-corrected chi connectivity index (χ0v) is 14.6. The van der Waals surface area contributed by atoms with E-state index < -0.39 is 0 Å². The van der Waals surface area contributed by atoms with Gasteiger partial charge in [0.05, 0.1) is 13.2 Å². The zero-order valence-electron chi connectivity index (χ0n) is 14.6. The van der Waals surface area contributed by atoms with Gasteiger partial charge in [-0.1, -0.05) is 6.92 Å². The van der Waals surface area contributed by atoms with Gasteiger partial charge in [0.25, 0.3) is 11.9 Å². The third-order valence-electron chi connectivity index (χ3n) is 4.17. The summed E-state index contributed by atoms with van der Waals surface area (Å²) in [6.45, 7) is 6.47. The van der Waals surface area contributed by atoms with Crippen LogP contribution in [0.15, 0.2) is 23.2 Å². The number of carbonyl (C=O) groups excluding carboxylic acids is 1. The van der Waals surface area contributed by atoms with Gasteiger partial charge in [0.1, 0.15) is 0 Å². The van der Waals surface area contributed by atoms with E-state index in [0.29, 0.717) is 30.2 Å². The summed E-state index contributed by atoms with van der Waals surface area (Å²) in [4.78, 5) is 19.3. The minimum atomic E-state index is -0.269. The first-order valence-electron chi connectivity index (χ1n) is 8.87. The van der Waals surface area contributed by atoms with E-state index in [1.807, 2.05) is 6.92 Å². The molecule has 1 amide bonds. The van der Waals surface area contributed by atoms with Crippen molar-refractivity contribution in [2.75, 3.05) is 39.6 Å². The minimum absolute atomic E-state index is 0.184. The van der Waals surface area contributed by atoms with Gasteiger partial charge in [-0.2, -0.15) is 0 Å². The molecule has 0 radical (unpaired) electrons. The molecule has 0 unspecified atom stereocenters. The molecule has 136 valence electrons. The van der Waals surface area contributed by atoms with Gasteiger partial charge >= 0.3 is 0 Å². The van der Waals surface area contributed by atoms with Crippen LogP contribution in [-0.4, -0.2) is 56.4 Å². The molecule has 7 nitrogen and oxygen atoms in total. The average molecular weight is 347 g/mol. The summed E-state index contributed by atoms with van der Waals surface area (Å²) in [5.41, 5.74) is 0.483. The number of nitrogens with zero attached hydrogens (tertiary/aromatic N) is 2. The van der Waals surface area contributed by atoms with E-state index in [1.54, 1.807) is 18.2 Å². The van der Waals surface area contributed by atoms with Crippen LogP contribution >= 0.6 is 0 Å². The molecule has 1 aromatic carbocycles. The highest BCUT2D eigenvalue weighted by Gasteiger charge is 2.17. The highest BCUT2D eigenvalue weighted by Crippen LogP contribution is 2.32. The van der Waals surface area contributed by atoms with Gasteiger partial charge in [-0.05, 0) is 50.6 Å². The first-order valence-corrected chi connectivity index (χ1v) is 8.87. The molecular formula is C18H25N3O4. The second-order valence-electron chi connectivity index (χ2n) is 6.11. The van der Waals surface area contributed by atoms with Crippen LogP contribution < -0.4 is 14.8 Å². The Morgan fingerprint density at radius 3 is 2.88 bits per heavy atom. The fourth-order valence-corrected chi connectivity index (χ4v) is 2.83. The Morgan fingerprint density at radius 2 is 2.08 bits per heavy atom. The standard InChI is InChI=1S/C18H25N3O4/c1-2-11-23-18(19-7-10-21-8-3-4-9-21)20-17(22)14-5-6-15-16(12-14)25-13-24-15/h5-6,12H,2-4,7-11,13H2,1H3,(H,19,20,22). The number of nitrogens with one attached hydrogen (secondary N) is 1. The Labute approximate surface area is 148 Å². The topological polar surface area (TPSA) is 72.4 Å². The van der Waals surface area contributed by atoms with Crippen LogP contribution in [0.3, 0.4) is 0 Å². The number of carbonyl (C=O) groups is 1. The molecule has 1 aromatic rings. The van der Waals surface area contributed by atoms with Gasteiger partial charge in [-0.15, -0.1) is 0 Å². The Balaban J connectivity index is 1.59. The largest absolute Gasteiger partial charge is 0.465 e. The first kappa shape index (κ1) is 17.5. The van der Waals surface area contributed by atoms with E-state index in [4.69, 9.17) is 14.2 Å². The fraction of sp³-hybridized carbons (Fsp3) is 0.556. The van der Waals surface area contributed by atoms with Crippen LogP contribution in [0.2, 0.25) is 0 Å². The lowest BCUT2D eigenvalue weighted by molar-refractivity contribution is 0.0965. The summed E-state index contributed by atoms with van der Waals surface area (Å²) >= 11 is 0. The van der Waals surface area contributed by atoms with Gasteiger partial charge in [-0.3, -0.25) is 10.1 Å². The molecule has 0 atom stereocenters. The lowest BCUT2D eigenvalue weighted by atomic mass is 10.2. The average Bonchev–Trinajstić information content (AvgIpc) is 3.30. The van der Waals surface area contributed by atoms with E-state index in [9.17, 15) is 4.79 Å². The van der Waals surface area contributed by atoms with Crippen molar-refractivity contribution in [2.24, 2.45) is 4.99 Å². The van der Waals surface area contributed by atoms with Crippen LogP contribution in [0, 0.1) is 0 Å². The molecule has 2 heterocycles. The normalized spacial score (nSPS) is 16.9. The molecule has 0 spiro atoms. The molecule has 2 aliphatic rings. The molecule has 1 saturated heterocycles. The Hall–Kier alpha value is -2.28. The van der Waals surface area contributed by atoms with E-state index in [0.717, 1.165) is 26.1 Å². The summed E-state index contributed by atoms with van der Waals surface area (Å²) in [5.74, 6) is 0.960. The number of fused-ring (bicyclic) bond motifs is 1. The molecule has 25 heavy (non-hydrogen) atoms. The number of ether oxygens (including phenoxy) is 3. The third kappa shape index (κ3) is 4.85. The van der Waals surface area contributed by atoms with Crippen molar-refractivity contribution in [2.45, 2.75) is 26.2 Å². The monoisotopic (exact) mass is 347 g/mol. The molecule has 0 bridgehead atoms. The van der Waals surface area contributed by atoms with Crippen molar-refractivity contribution in [3.05, 3.63) is 23.8 Å². The highest BCUT2D eigenvalue weighted by atomic mass is 16.7. The van der Waals surface area contributed by atoms with Crippen LogP contribution in [0.25, 0.3) is 0 Å². The van der Waals surface area contributed by atoms with E-state index in [1.165, 1.54) is 12.8 Å². The number of likely N-dealkylation sites (tertiary alicyclic amines) is 1.